The van der Waals surface area contributed by atoms with Crippen LogP contribution in [0.2, 0.25) is 0 Å². The number of carbonyl (C=O) groups excluding carboxylic acids is 1. The van der Waals surface area contributed by atoms with Crippen molar-refractivity contribution in [2.24, 2.45) is 0 Å². The number of piperazine rings is 1. The van der Waals surface area contributed by atoms with Crippen LogP contribution < -0.4 is 4.90 Å². The Morgan fingerprint density at radius 1 is 1.13 bits per heavy atom. The molecule has 1 saturated heterocycles. The lowest BCUT2D eigenvalue weighted by molar-refractivity contribution is -0.143. The zero-order valence-electron chi connectivity index (χ0n) is 14.3. The molecule has 2 aliphatic heterocycles. The highest BCUT2D eigenvalue weighted by Gasteiger charge is 2.20. The molecule has 0 unspecified atom stereocenters. The van der Waals surface area contributed by atoms with Gasteiger partial charge in [0.05, 0.1) is 13.0 Å². The molecule has 1 aromatic carbocycles. The van der Waals surface area contributed by atoms with Gasteiger partial charge in [0.15, 0.2) is 0 Å². The Kier molecular flexibility index (Phi) is 5.18. The van der Waals surface area contributed by atoms with Gasteiger partial charge in [0.1, 0.15) is 0 Å². The topological polar surface area (TPSA) is 36.0 Å². The summed E-state index contributed by atoms with van der Waals surface area (Å²) in [7, 11) is 2.17. The van der Waals surface area contributed by atoms with Gasteiger partial charge in [-0.15, -0.1) is 0 Å². The van der Waals surface area contributed by atoms with E-state index in [0.717, 1.165) is 45.8 Å². The predicted molar refractivity (Wildman–Crippen MR) is 91.5 cm³/mol. The van der Waals surface area contributed by atoms with Gasteiger partial charge >= 0.3 is 5.97 Å². The van der Waals surface area contributed by atoms with E-state index in [9.17, 15) is 4.79 Å². The van der Waals surface area contributed by atoms with E-state index in [1.165, 1.54) is 16.8 Å². The maximum absolute atomic E-state index is 11.4. The molecule has 23 heavy (non-hydrogen) atoms. The van der Waals surface area contributed by atoms with Crippen LogP contribution in [0.4, 0.5) is 5.69 Å². The number of ether oxygens (including phenoxy) is 1. The van der Waals surface area contributed by atoms with Gasteiger partial charge in [0.2, 0.25) is 0 Å². The van der Waals surface area contributed by atoms with Crippen LogP contribution in [0, 0.1) is 0 Å². The van der Waals surface area contributed by atoms with Crippen LogP contribution in [-0.4, -0.2) is 62.1 Å². The fourth-order valence-corrected chi connectivity index (χ4v) is 3.46. The van der Waals surface area contributed by atoms with Gasteiger partial charge in [-0.1, -0.05) is 6.07 Å². The Morgan fingerprint density at radius 2 is 1.87 bits per heavy atom. The number of benzene rings is 1. The second kappa shape index (κ2) is 7.32. The summed E-state index contributed by atoms with van der Waals surface area (Å²) in [6, 6.07) is 6.89. The molecule has 1 aromatic rings. The summed E-state index contributed by atoms with van der Waals surface area (Å²) in [4.78, 5) is 18.6. The van der Waals surface area contributed by atoms with Gasteiger partial charge in [-0.25, -0.2) is 0 Å². The lowest BCUT2D eigenvalue weighted by Gasteiger charge is -2.36. The van der Waals surface area contributed by atoms with E-state index in [-0.39, 0.29) is 5.97 Å². The Morgan fingerprint density at radius 3 is 2.61 bits per heavy atom. The van der Waals surface area contributed by atoms with Gasteiger partial charge in [-0.05, 0) is 37.2 Å². The molecular formula is C18H27N3O2. The summed E-state index contributed by atoms with van der Waals surface area (Å²) in [5, 5.41) is 0. The number of fused-ring (bicyclic) bond motifs is 1. The normalized spacial score (nSPS) is 19.0. The number of hydrogen-bond donors (Lipinski definition) is 0. The molecule has 0 atom stereocenters. The SMILES string of the molecule is CCOC(=O)CCN1CCN(c2ccc3c(c2)CN(C)C3)CC1. The molecule has 0 amide bonds. The summed E-state index contributed by atoms with van der Waals surface area (Å²) in [6.07, 6.45) is 0.499. The number of nitrogens with zero attached hydrogens (tertiary/aromatic N) is 3. The van der Waals surface area contributed by atoms with Crippen molar-refractivity contribution in [2.75, 3.05) is 51.3 Å². The molecular weight excluding hydrogens is 290 g/mol. The first-order chi connectivity index (χ1) is 11.2. The van der Waals surface area contributed by atoms with Crippen LogP contribution in [0.3, 0.4) is 0 Å². The van der Waals surface area contributed by atoms with E-state index in [1.54, 1.807) is 0 Å². The molecule has 0 saturated carbocycles. The molecule has 126 valence electrons. The van der Waals surface area contributed by atoms with Crippen LogP contribution in [0.25, 0.3) is 0 Å². The maximum Gasteiger partial charge on any atom is 0.307 e. The molecule has 3 rings (SSSR count). The molecule has 0 aliphatic carbocycles. The first-order valence-electron chi connectivity index (χ1n) is 8.59. The predicted octanol–water partition coefficient (Wildman–Crippen LogP) is 1.71. The van der Waals surface area contributed by atoms with E-state index in [2.05, 4.69) is 39.9 Å². The van der Waals surface area contributed by atoms with Gasteiger partial charge in [0.25, 0.3) is 0 Å². The van der Waals surface area contributed by atoms with Crippen LogP contribution in [0.5, 0.6) is 0 Å². The van der Waals surface area contributed by atoms with Crippen molar-refractivity contribution in [3.05, 3.63) is 29.3 Å². The molecule has 2 aliphatic rings. The molecule has 5 heteroatoms. The quantitative estimate of drug-likeness (QED) is 0.773. The second-order valence-electron chi connectivity index (χ2n) is 6.51. The average Bonchev–Trinajstić information content (AvgIpc) is 2.93. The van der Waals surface area contributed by atoms with E-state index in [1.807, 2.05) is 6.92 Å². The first-order valence-corrected chi connectivity index (χ1v) is 8.59. The largest absolute Gasteiger partial charge is 0.466 e. The van der Waals surface area contributed by atoms with Crippen molar-refractivity contribution in [3.8, 4) is 0 Å². The third-order valence-corrected chi connectivity index (χ3v) is 4.75. The maximum atomic E-state index is 11.4. The molecule has 1 fully saturated rings. The third-order valence-electron chi connectivity index (χ3n) is 4.75. The van der Waals surface area contributed by atoms with Crippen LogP contribution in [0.15, 0.2) is 18.2 Å². The number of esters is 1. The Balaban J connectivity index is 1.49. The molecule has 0 bridgehead atoms. The average molecular weight is 317 g/mol. The molecule has 0 radical (unpaired) electrons. The molecule has 0 aromatic heterocycles. The van der Waals surface area contributed by atoms with E-state index < -0.39 is 0 Å². The number of hydrogen-bond acceptors (Lipinski definition) is 5. The fraction of sp³-hybridized carbons (Fsp3) is 0.611. The van der Waals surface area contributed by atoms with Crippen molar-refractivity contribution in [3.63, 3.8) is 0 Å². The highest BCUT2D eigenvalue weighted by molar-refractivity contribution is 5.69. The number of rotatable bonds is 5. The number of carbonyl (C=O) groups is 1. The lowest BCUT2D eigenvalue weighted by atomic mass is 10.1. The molecule has 0 N–H and O–H groups in total. The Hall–Kier alpha value is -1.59. The molecule has 0 spiro atoms. The lowest BCUT2D eigenvalue weighted by Crippen LogP contribution is -2.47. The Bertz CT molecular complexity index is 553. The molecule has 5 nitrogen and oxygen atoms in total. The summed E-state index contributed by atoms with van der Waals surface area (Å²) in [5.74, 6) is -0.0855. The van der Waals surface area contributed by atoms with Crippen molar-refractivity contribution in [1.29, 1.82) is 0 Å². The highest BCUT2D eigenvalue weighted by atomic mass is 16.5. The van der Waals surface area contributed by atoms with Crippen LogP contribution >= 0.6 is 0 Å². The first kappa shape index (κ1) is 16.3. The second-order valence-corrected chi connectivity index (χ2v) is 6.51. The van der Waals surface area contributed by atoms with E-state index >= 15 is 0 Å². The summed E-state index contributed by atoms with van der Waals surface area (Å²) >= 11 is 0. The summed E-state index contributed by atoms with van der Waals surface area (Å²) in [5.41, 5.74) is 4.27. The minimum absolute atomic E-state index is 0.0855. The van der Waals surface area contributed by atoms with E-state index in [0.29, 0.717) is 13.0 Å². The van der Waals surface area contributed by atoms with E-state index in [4.69, 9.17) is 4.74 Å². The van der Waals surface area contributed by atoms with Crippen LogP contribution in [0.1, 0.15) is 24.5 Å². The minimum Gasteiger partial charge on any atom is -0.466 e. The Labute approximate surface area is 138 Å². The number of anilines is 1. The van der Waals surface area contributed by atoms with Gasteiger partial charge in [-0.3, -0.25) is 14.6 Å². The molecule has 2 heterocycles. The zero-order chi connectivity index (χ0) is 16.2. The standard InChI is InChI=1S/C18H27N3O2/c1-3-23-18(22)6-7-20-8-10-21(11-9-20)17-5-4-15-13-19(2)14-16(15)12-17/h4-5,12H,3,6-11,13-14H2,1-2H3. The minimum atomic E-state index is -0.0855. The van der Waals surface area contributed by atoms with Gasteiger partial charge < -0.3 is 9.64 Å². The van der Waals surface area contributed by atoms with Crippen LogP contribution in [-0.2, 0) is 22.6 Å². The summed E-state index contributed by atoms with van der Waals surface area (Å²) < 4.78 is 4.99. The monoisotopic (exact) mass is 317 g/mol. The van der Waals surface area contributed by atoms with Crippen molar-refractivity contribution in [2.45, 2.75) is 26.4 Å². The van der Waals surface area contributed by atoms with Gasteiger partial charge in [-0.2, -0.15) is 0 Å². The van der Waals surface area contributed by atoms with Gasteiger partial charge in [0, 0.05) is 51.5 Å². The zero-order valence-corrected chi connectivity index (χ0v) is 14.3. The summed E-state index contributed by atoms with van der Waals surface area (Å²) in [6.45, 7) is 9.33. The fourth-order valence-electron chi connectivity index (χ4n) is 3.46. The highest BCUT2D eigenvalue weighted by Crippen LogP contribution is 2.27. The van der Waals surface area contributed by atoms with Crippen molar-refractivity contribution in [1.82, 2.24) is 9.80 Å². The van der Waals surface area contributed by atoms with Crippen molar-refractivity contribution >= 4 is 11.7 Å². The third kappa shape index (κ3) is 4.03. The smallest absolute Gasteiger partial charge is 0.307 e. The van der Waals surface area contributed by atoms with Crippen molar-refractivity contribution < 1.29 is 9.53 Å².